The second-order valence-corrected chi connectivity index (χ2v) is 2.43. The number of hydrogen-bond donors (Lipinski definition) is 0. The molecule has 0 saturated carbocycles. The summed E-state index contributed by atoms with van der Waals surface area (Å²) in [5, 5.41) is 8.18. The first kappa shape index (κ1) is 9.47. The Balaban J connectivity index is 3.04. The van der Waals surface area contributed by atoms with Crippen LogP contribution in [0.15, 0.2) is 24.3 Å². The molecule has 0 fully saturated rings. The van der Waals surface area contributed by atoms with Crippen molar-refractivity contribution in [2.45, 2.75) is 0 Å². The summed E-state index contributed by atoms with van der Waals surface area (Å²) >= 11 is 5.15. The van der Waals surface area contributed by atoms with Gasteiger partial charge >= 0.3 is 0 Å². The van der Waals surface area contributed by atoms with Gasteiger partial charge in [-0.1, -0.05) is 12.1 Å². The molecule has 1 aromatic carbocycles. The molecular weight excluding hydrogens is 198 g/mol. The van der Waals surface area contributed by atoms with E-state index in [1.165, 1.54) is 24.3 Å². The van der Waals surface area contributed by atoms with E-state index < -0.39 is 10.3 Å². The van der Waals surface area contributed by atoms with Crippen molar-refractivity contribution in [3.8, 4) is 5.75 Å². The molecule has 0 N–H and O–H groups in total. The van der Waals surface area contributed by atoms with Gasteiger partial charge in [-0.15, -0.1) is 10.1 Å². The molecule has 0 radical (unpaired) electrons. The van der Waals surface area contributed by atoms with Gasteiger partial charge in [0.15, 0.2) is 0 Å². The molecule has 0 saturated heterocycles. The summed E-state index contributed by atoms with van der Waals surface area (Å²) in [6.07, 6.45) is 0. The number of rotatable bonds is 3. The van der Waals surface area contributed by atoms with E-state index in [1.54, 1.807) is 0 Å². The summed E-state index contributed by atoms with van der Waals surface area (Å²) in [5.74, 6) is -0.160. The molecule has 0 aliphatic rings. The molecule has 0 amide bonds. The second-order valence-electron chi connectivity index (χ2n) is 2.08. The van der Waals surface area contributed by atoms with Crippen LogP contribution in [-0.2, 0) is 0 Å². The zero-order valence-corrected chi connectivity index (χ0v) is 7.02. The normalized spacial score (nSPS) is 9.31. The smallest absolute Gasteiger partial charge is 0.276 e. The molecule has 0 aliphatic carbocycles. The Hall–Kier alpha value is -1.62. The van der Waals surface area contributed by atoms with E-state index >= 15 is 0 Å². The van der Waals surface area contributed by atoms with Crippen molar-refractivity contribution in [1.29, 1.82) is 0 Å². The molecule has 0 aliphatic heterocycles. The Labute approximate surface area is 78.0 Å². The zero-order chi connectivity index (χ0) is 9.84. The van der Waals surface area contributed by atoms with Crippen molar-refractivity contribution < 1.29 is 14.7 Å². The van der Waals surface area contributed by atoms with Gasteiger partial charge in [-0.25, -0.2) is 0 Å². The molecular formula is C7H4ClNO4. The average Bonchev–Trinajstić information content (AvgIpc) is 2.03. The predicted molar refractivity (Wildman–Crippen MR) is 44.2 cm³/mol. The fourth-order valence-corrected chi connectivity index (χ4v) is 0.945. The van der Waals surface area contributed by atoms with Gasteiger partial charge in [-0.2, -0.15) is 0 Å². The lowest BCUT2D eigenvalue weighted by atomic mass is 10.2. The van der Waals surface area contributed by atoms with Crippen LogP contribution in [0.4, 0.5) is 0 Å². The first-order valence-corrected chi connectivity index (χ1v) is 3.60. The van der Waals surface area contributed by atoms with Gasteiger partial charge in [-0.05, 0) is 23.7 Å². The summed E-state index contributed by atoms with van der Waals surface area (Å²) in [6, 6.07) is 5.66. The summed E-state index contributed by atoms with van der Waals surface area (Å²) in [6.45, 7) is 0. The standard InChI is InChI=1S/C7H4ClNO4/c8-7(10)5-3-1-2-4-6(5)13-9(11)12/h1-4H. The highest BCUT2D eigenvalue weighted by Gasteiger charge is 2.10. The first-order valence-electron chi connectivity index (χ1n) is 3.22. The Morgan fingerprint density at radius 1 is 1.46 bits per heavy atom. The van der Waals surface area contributed by atoms with E-state index in [1.807, 2.05) is 0 Å². The largest absolute Gasteiger partial charge is 0.299 e. The van der Waals surface area contributed by atoms with E-state index in [-0.39, 0.29) is 11.3 Å². The minimum absolute atomic E-state index is 0.0270. The number of nitrogens with zero attached hydrogens (tertiary/aromatic N) is 1. The molecule has 0 bridgehead atoms. The SMILES string of the molecule is O=C(Cl)c1ccccc1O[N+](=O)[O-]. The Morgan fingerprint density at radius 3 is 2.62 bits per heavy atom. The van der Waals surface area contributed by atoms with E-state index in [0.29, 0.717) is 0 Å². The van der Waals surface area contributed by atoms with Crippen molar-refractivity contribution >= 4 is 16.8 Å². The lowest BCUT2D eigenvalue weighted by Crippen LogP contribution is -2.06. The maximum Gasteiger partial charge on any atom is 0.299 e. The molecule has 0 atom stereocenters. The van der Waals surface area contributed by atoms with Crippen molar-refractivity contribution in [3.63, 3.8) is 0 Å². The van der Waals surface area contributed by atoms with Crippen molar-refractivity contribution in [1.82, 2.24) is 0 Å². The van der Waals surface area contributed by atoms with Crippen LogP contribution in [0.3, 0.4) is 0 Å². The van der Waals surface area contributed by atoms with Gasteiger partial charge < -0.3 is 0 Å². The maximum absolute atomic E-state index is 10.7. The summed E-state index contributed by atoms with van der Waals surface area (Å²) in [7, 11) is 0. The van der Waals surface area contributed by atoms with Crippen LogP contribution in [0.2, 0.25) is 0 Å². The van der Waals surface area contributed by atoms with Crippen LogP contribution in [0, 0.1) is 10.1 Å². The number of halogens is 1. The Kier molecular flexibility index (Phi) is 2.81. The van der Waals surface area contributed by atoms with Crippen LogP contribution in [0.25, 0.3) is 0 Å². The summed E-state index contributed by atoms with van der Waals surface area (Å²) < 4.78 is 0. The van der Waals surface area contributed by atoms with Gasteiger partial charge in [0, 0.05) is 0 Å². The molecule has 0 aromatic heterocycles. The first-order chi connectivity index (χ1) is 6.11. The molecule has 68 valence electrons. The van der Waals surface area contributed by atoms with Crippen LogP contribution < -0.4 is 4.84 Å². The molecule has 5 nitrogen and oxygen atoms in total. The molecule has 0 spiro atoms. The lowest BCUT2D eigenvalue weighted by Gasteiger charge is -2.01. The van der Waals surface area contributed by atoms with E-state index in [2.05, 4.69) is 4.84 Å². The number of carbonyl (C=O) groups excluding carboxylic acids is 1. The Morgan fingerprint density at radius 2 is 2.08 bits per heavy atom. The van der Waals surface area contributed by atoms with Crippen molar-refractivity contribution in [2.24, 2.45) is 0 Å². The minimum atomic E-state index is -1.00. The quantitative estimate of drug-likeness (QED) is 0.423. The second kappa shape index (κ2) is 3.86. The van der Waals surface area contributed by atoms with Gasteiger partial charge in [0.05, 0.1) is 5.56 Å². The van der Waals surface area contributed by atoms with Crippen LogP contribution in [-0.4, -0.2) is 10.3 Å². The van der Waals surface area contributed by atoms with E-state index in [9.17, 15) is 14.9 Å². The average molecular weight is 202 g/mol. The van der Waals surface area contributed by atoms with Gasteiger partial charge in [-0.3, -0.25) is 9.63 Å². The third-order valence-corrected chi connectivity index (χ3v) is 1.48. The molecule has 1 aromatic rings. The van der Waals surface area contributed by atoms with Crippen LogP contribution in [0.5, 0.6) is 5.75 Å². The topological polar surface area (TPSA) is 69.4 Å². The third-order valence-electron chi connectivity index (χ3n) is 1.27. The highest BCUT2D eigenvalue weighted by atomic mass is 35.5. The van der Waals surface area contributed by atoms with Crippen molar-refractivity contribution in [3.05, 3.63) is 39.9 Å². The summed E-state index contributed by atoms with van der Waals surface area (Å²) in [4.78, 5) is 24.8. The fraction of sp³-hybridized carbons (Fsp3) is 0. The van der Waals surface area contributed by atoms with Crippen LogP contribution in [0.1, 0.15) is 10.4 Å². The van der Waals surface area contributed by atoms with Gasteiger partial charge in [0.1, 0.15) is 5.75 Å². The monoisotopic (exact) mass is 201 g/mol. The van der Waals surface area contributed by atoms with Crippen LogP contribution >= 0.6 is 11.6 Å². The van der Waals surface area contributed by atoms with Gasteiger partial charge in [0.2, 0.25) is 0 Å². The van der Waals surface area contributed by atoms with E-state index in [0.717, 1.165) is 0 Å². The summed E-state index contributed by atoms with van der Waals surface area (Å²) in [5.41, 5.74) is -0.0270. The Bertz CT molecular complexity index is 352. The number of hydrogen-bond acceptors (Lipinski definition) is 4. The maximum atomic E-state index is 10.7. The van der Waals surface area contributed by atoms with Gasteiger partial charge in [0.25, 0.3) is 10.3 Å². The number of para-hydroxylation sites is 1. The number of carbonyl (C=O) groups is 1. The molecule has 0 unspecified atom stereocenters. The highest BCUT2D eigenvalue weighted by Crippen LogP contribution is 2.19. The molecule has 13 heavy (non-hydrogen) atoms. The molecule has 6 heteroatoms. The minimum Gasteiger partial charge on any atom is -0.276 e. The van der Waals surface area contributed by atoms with Crippen molar-refractivity contribution in [2.75, 3.05) is 0 Å². The van der Waals surface area contributed by atoms with E-state index in [4.69, 9.17) is 11.6 Å². The molecule has 0 heterocycles. The third kappa shape index (κ3) is 2.41. The highest BCUT2D eigenvalue weighted by molar-refractivity contribution is 6.68. The fourth-order valence-electron chi connectivity index (χ4n) is 0.789. The number of benzene rings is 1. The lowest BCUT2D eigenvalue weighted by molar-refractivity contribution is -0.711. The zero-order valence-electron chi connectivity index (χ0n) is 6.27. The molecule has 1 rings (SSSR count). The predicted octanol–water partition coefficient (Wildman–Crippen LogP) is 1.64.